The van der Waals surface area contributed by atoms with Gasteiger partial charge in [-0.25, -0.2) is 4.98 Å². The van der Waals surface area contributed by atoms with Crippen LogP contribution in [0.3, 0.4) is 0 Å². The van der Waals surface area contributed by atoms with Crippen molar-refractivity contribution in [3.05, 3.63) is 84.1 Å². The van der Waals surface area contributed by atoms with Gasteiger partial charge in [-0.1, -0.05) is 24.3 Å². The van der Waals surface area contributed by atoms with Gasteiger partial charge in [-0.2, -0.15) is 0 Å². The highest BCUT2D eigenvalue weighted by Crippen LogP contribution is 2.30. The van der Waals surface area contributed by atoms with Crippen LogP contribution in [0.25, 0.3) is 0 Å². The van der Waals surface area contributed by atoms with Crippen LogP contribution in [0.2, 0.25) is 0 Å². The summed E-state index contributed by atoms with van der Waals surface area (Å²) in [6, 6.07) is 20.6. The molecule has 1 fully saturated rings. The number of anilines is 2. The first-order valence-electron chi connectivity index (χ1n) is 9.52. The molecule has 1 saturated carbocycles. The van der Waals surface area contributed by atoms with Crippen molar-refractivity contribution in [2.75, 3.05) is 10.6 Å². The number of aromatic nitrogens is 1. The van der Waals surface area contributed by atoms with Gasteiger partial charge in [0.15, 0.2) is 0 Å². The van der Waals surface area contributed by atoms with Crippen LogP contribution in [0.5, 0.6) is 0 Å². The Balaban J connectivity index is 1.38. The van der Waals surface area contributed by atoms with Crippen LogP contribution in [-0.2, 0) is 10.5 Å². The summed E-state index contributed by atoms with van der Waals surface area (Å²) in [5.41, 5.74) is 2.99. The van der Waals surface area contributed by atoms with Crippen molar-refractivity contribution in [3.63, 3.8) is 0 Å². The number of thioether (sulfide) groups is 1. The molecular weight excluding hydrogens is 382 g/mol. The van der Waals surface area contributed by atoms with E-state index in [0.717, 1.165) is 34.9 Å². The zero-order chi connectivity index (χ0) is 20.1. The lowest BCUT2D eigenvalue weighted by molar-refractivity contribution is -0.117. The van der Waals surface area contributed by atoms with Gasteiger partial charge in [0.2, 0.25) is 5.91 Å². The van der Waals surface area contributed by atoms with Crippen molar-refractivity contribution in [1.82, 2.24) is 4.98 Å². The number of benzene rings is 2. The molecule has 2 aromatic carbocycles. The molecule has 2 N–H and O–H groups in total. The molecule has 4 rings (SSSR count). The van der Waals surface area contributed by atoms with Crippen LogP contribution < -0.4 is 10.6 Å². The van der Waals surface area contributed by atoms with Crippen LogP contribution in [-0.4, -0.2) is 16.8 Å². The van der Waals surface area contributed by atoms with Crippen LogP contribution >= 0.6 is 11.8 Å². The lowest BCUT2D eigenvalue weighted by atomic mass is 10.1. The minimum absolute atomic E-state index is 0.0284. The summed E-state index contributed by atoms with van der Waals surface area (Å²) in [6.45, 7) is 0. The fraction of sp³-hybridized carbons (Fsp3) is 0.174. The van der Waals surface area contributed by atoms with Crippen molar-refractivity contribution in [2.24, 2.45) is 5.92 Å². The Bertz CT molecular complexity index is 1020. The van der Waals surface area contributed by atoms with Gasteiger partial charge in [0.05, 0.1) is 5.03 Å². The topological polar surface area (TPSA) is 71.1 Å². The van der Waals surface area contributed by atoms with E-state index < -0.39 is 0 Å². The molecule has 146 valence electrons. The Morgan fingerprint density at radius 3 is 2.48 bits per heavy atom. The highest BCUT2D eigenvalue weighted by Gasteiger charge is 2.29. The highest BCUT2D eigenvalue weighted by atomic mass is 32.2. The second kappa shape index (κ2) is 8.92. The number of amides is 2. The third-order valence-electron chi connectivity index (χ3n) is 4.55. The van der Waals surface area contributed by atoms with E-state index in [2.05, 4.69) is 15.6 Å². The standard InChI is InChI=1S/C23H21N3O2S/c27-22(17-10-11-17)26-20-8-4-6-18(14-20)23(28)25-19-7-3-5-16(13-19)15-29-21-9-1-2-12-24-21/h1-9,12-14,17H,10-11,15H2,(H,25,28)(H,26,27). The van der Waals surface area contributed by atoms with Crippen molar-refractivity contribution in [2.45, 2.75) is 23.6 Å². The summed E-state index contributed by atoms with van der Waals surface area (Å²) in [5, 5.41) is 6.78. The fourth-order valence-electron chi connectivity index (χ4n) is 2.86. The molecule has 0 spiro atoms. The Labute approximate surface area is 173 Å². The summed E-state index contributed by atoms with van der Waals surface area (Å²) in [6.07, 6.45) is 3.67. The van der Waals surface area contributed by atoms with Gasteiger partial charge in [-0.05, 0) is 60.9 Å². The zero-order valence-corrected chi connectivity index (χ0v) is 16.6. The molecule has 5 nitrogen and oxygen atoms in total. The molecule has 0 radical (unpaired) electrons. The van der Waals surface area contributed by atoms with Crippen LogP contribution in [0.4, 0.5) is 11.4 Å². The van der Waals surface area contributed by atoms with Gasteiger partial charge < -0.3 is 10.6 Å². The van der Waals surface area contributed by atoms with Crippen molar-refractivity contribution in [1.29, 1.82) is 0 Å². The van der Waals surface area contributed by atoms with Crippen molar-refractivity contribution < 1.29 is 9.59 Å². The molecule has 0 bridgehead atoms. The Morgan fingerprint density at radius 1 is 0.931 bits per heavy atom. The first-order chi connectivity index (χ1) is 14.2. The zero-order valence-electron chi connectivity index (χ0n) is 15.8. The molecule has 0 unspecified atom stereocenters. The molecule has 1 aliphatic carbocycles. The third kappa shape index (κ3) is 5.45. The monoisotopic (exact) mass is 403 g/mol. The second-order valence-corrected chi connectivity index (χ2v) is 7.95. The number of rotatable bonds is 7. The minimum Gasteiger partial charge on any atom is -0.326 e. The average Bonchev–Trinajstić information content (AvgIpc) is 3.59. The lowest BCUT2D eigenvalue weighted by Gasteiger charge is -2.09. The van der Waals surface area contributed by atoms with Gasteiger partial charge in [-0.15, -0.1) is 11.8 Å². The maximum absolute atomic E-state index is 12.6. The minimum atomic E-state index is -0.206. The predicted octanol–water partition coefficient (Wildman–Crippen LogP) is 4.97. The molecule has 1 aromatic heterocycles. The molecule has 1 aliphatic rings. The number of carbonyl (C=O) groups excluding carboxylic acids is 2. The molecule has 1 heterocycles. The van der Waals surface area contributed by atoms with Gasteiger partial charge >= 0.3 is 0 Å². The number of pyridine rings is 1. The molecule has 0 saturated heterocycles. The second-order valence-electron chi connectivity index (χ2n) is 6.96. The Kier molecular flexibility index (Phi) is 5.91. The van der Waals surface area contributed by atoms with Crippen LogP contribution in [0.1, 0.15) is 28.8 Å². The van der Waals surface area contributed by atoms with E-state index in [1.54, 1.807) is 42.2 Å². The molecular formula is C23H21N3O2S. The molecule has 0 aliphatic heterocycles. The maximum atomic E-state index is 12.6. The van der Waals surface area contributed by atoms with Crippen molar-refractivity contribution >= 4 is 35.0 Å². The molecule has 29 heavy (non-hydrogen) atoms. The molecule has 0 atom stereocenters. The summed E-state index contributed by atoms with van der Waals surface area (Å²) in [4.78, 5) is 28.9. The van der Waals surface area contributed by atoms with E-state index >= 15 is 0 Å². The van der Waals surface area contributed by atoms with Gasteiger partial charge in [0.1, 0.15) is 0 Å². The van der Waals surface area contributed by atoms with Gasteiger partial charge in [0.25, 0.3) is 5.91 Å². The van der Waals surface area contributed by atoms with E-state index in [4.69, 9.17) is 0 Å². The largest absolute Gasteiger partial charge is 0.326 e. The predicted molar refractivity (Wildman–Crippen MR) is 116 cm³/mol. The fourth-order valence-corrected chi connectivity index (χ4v) is 3.66. The smallest absolute Gasteiger partial charge is 0.255 e. The summed E-state index contributed by atoms with van der Waals surface area (Å²) < 4.78 is 0. The summed E-state index contributed by atoms with van der Waals surface area (Å²) in [7, 11) is 0. The third-order valence-corrected chi connectivity index (χ3v) is 5.56. The van der Waals surface area contributed by atoms with Gasteiger partial charge in [0, 0.05) is 34.8 Å². The summed E-state index contributed by atoms with van der Waals surface area (Å²) in [5.74, 6) is 0.713. The number of hydrogen-bond acceptors (Lipinski definition) is 4. The first-order valence-corrected chi connectivity index (χ1v) is 10.5. The van der Waals surface area contributed by atoms with Crippen LogP contribution in [0, 0.1) is 5.92 Å². The van der Waals surface area contributed by atoms with E-state index in [9.17, 15) is 9.59 Å². The maximum Gasteiger partial charge on any atom is 0.255 e. The summed E-state index contributed by atoms with van der Waals surface area (Å²) >= 11 is 1.65. The average molecular weight is 404 g/mol. The van der Waals surface area contributed by atoms with E-state index in [0.29, 0.717) is 11.3 Å². The number of hydrogen-bond donors (Lipinski definition) is 2. The Morgan fingerprint density at radius 2 is 1.72 bits per heavy atom. The number of carbonyl (C=O) groups is 2. The Hall–Kier alpha value is -3.12. The van der Waals surface area contributed by atoms with Gasteiger partial charge in [-0.3, -0.25) is 9.59 Å². The molecule has 6 heteroatoms. The number of nitrogens with one attached hydrogen (secondary N) is 2. The van der Waals surface area contributed by atoms with E-state index in [1.807, 2.05) is 42.5 Å². The molecule has 2 amide bonds. The van der Waals surface area contributed by atoms with Crippen LogP contribution in [0.15, 0.2) is 78.0 Å². The first kappa shape index (κ1) is 19.2. The lowest BCUT2D eigenvalue weighted by Crippen LogP contribution is -2.15. The van der Waals surface area contributed by atoms with Crippen molar-refractivity contribution in [3.8, 4) is 0 Å². The van der Waals surface area contributed by atoms with E-state index in [1.165, 1.54) is 0 Å². The highest BCUT2D eigenvalue weighted by molar-refractivity contribution is 7.98. The molecule has 3 aromatic rings. The normalized spacial score (nSPS) is 13.0. The number of nitrogens with zero attached hydrogens (tertiary/aromatic N) is 1. The van der Waals surface area contributed by atoms with E-state index in [-0.39, 0.29) is 17.7 Å². The quantitative estimate of drug-likeness (QED) is 0.546. The SMILES string of the molecule is O=C(Nc1cccc(CSc2ccccn2)c1)c1cccc(NC(=O)C2CC2)c1.